The van der Waals surface area contributed by atoms with Crippen LogP contribution in [0.3, 0.4) is 0 Å². The third-order valence-corrected chi connectivity index (χ3v) is 3.65. The molecule has 0 aromatic heterocycles. The molecule has 0 spiro atoms. The van der Waals surface area contributed by atoms with Gasteiger partial charge in [-0.25, -0.2) is 0 Å². The SMILES string of the molecule is CN(C)CCCNC(=O)CCc1ccc(Oc2ccccc2)cc1. The molecule has 4 heteroatoms. The van der Waals surface area contributed by atoms with Gasteiger partial charge in [0, 0.05) is 13.0 Å². The average Bonchev–Trinajstić information content (AvgIpc) is 2.59. The maximum Gasteiger partial charge on any atom is 0.220 e. The van der Waals surface area contributed by atoms with Crippen molar-refractivity contribution < 1.29 is 9.53 Å². The fourth-order valence-electron chi connectivity index (χ4n) is 2.32. The van der Waals surface area contributed by atoms with Crippen LogP contribution < -0.4 is 10.1 Å². The molecule has 24 heavy (non-hydrogen) atoms. The summed E-state index contributed by atoms with van der Waals surface area (Å²) in [6.07, 6.45) is 2.23. The van der Waals surface area contributed by atoms with E-state index in [9.17, 15) is 4.79 Å². The van der Waals surface area contributed by atoms with E-state index in [1.165, 1.54) is 0 Å². The fraction of sp³-hybridized carbons (Fsp3) is 0.350. The number of nitrogens with zero attached hydrogens (tertiary/aromatic N) is 1. The molecule has 2 aromatic rings. The summed E-state index contributed by atoms with van der Waals surface area (Å²) in [6.45, 7) is 1.73. The number of ether oxygens (including phenoxy) is 1. The van der Waals surface area contributed by atoms with Gasteiger partial charge in [0.05, 0.1) is 0 Å². The molecule has 0 unspecified atom stereocenters. The number of hydrogen-bond acceptors (Lipinski definition) is 3. The summed E-state index contributed by atoms with van der Waals surface area (Å²) in [4.78, 5) is 13.9. The first-order valence-electron chi connectivity index (χ1n) is 8.37. The molecule has 2 aromatic carbocycles. The predicted molar refractivity (Wildman–Crippen MR) is 97.5 cm³/mol. The van der Waals surface area contributed by atoms with Gasteiger partial charge in [-0.15, -0.1) is 0 Å². The van der Waals surface area contributed by atoms with Gasteiger partial charge in [0.15, 0.2) is 0 Å². The first-order chi connectivity index (χ1) is 11.6. The van der Waals surface area contributed by atoms with Crippen LogP contribution in [0.1, 0.15) is 18.4 Å². The smallest absolute Gasteiger partial charge is 0.220 e. The maximum absolute atomic E-state index is 11.8. The second-order valence-corrected chi connectivity index (χ2v) is 6.07. The quantitative estimate of drug-likeness (QED) is 0.717. The summed E-state index contributed by atoms with van der Waals surface area (Å²) < 4.78 is 5.76. The normalized spacial score (nSPS) is 10.6. The highest BCUT2D eigenvalue weighted by Crippen LogP contribution is 2.21. The first-order valence-corrected chi connectivity index (χ1v) is 8.37. The summed E-state index contributed by atoms with van der Waals surface area (Å²) in [5, 5.41) is 2.96. The zero-order valence-corrected chi connectivity index (χ0v) is 14.5. The standard InChI is InChI=1S/C20H26N2O2/c1-22(2)16-6-15-21-20(23)14-11-17-9-12-19(13-10-17)24-18-7-4-3-5-8-18/h3-5,7-10,12-13H,6,11,14-16H2,1-2H3,(H,21,23). The van der Waals surface area contributed by atoms with E-state index in [1.807, 2.05) is 68.7 Å². The number of carbonyl (C=O) groups is 1. The van der Waals surface area contributed by atoms with E-state index >= 15 is 0 Å². The van der Waals surface area contributed by atoms with Crippen LogP contribution in [0.2, 0.25) is 0 Å². The number of carbonyl (C=O) groups excluding carboxylic acids is 1. The number of amides is 1. The summed E-state index contributed by atoms with van der Waals surface area (Å²) in [6, 6.07) is 17.6. The Hall–Kier alpha value is -2.33. The highest BCUT2D eigenvalue weighted by Gasteiger charge is 2.03. The monoisotopic (exact) mass is 326 g/mol. The summed E-state index contributed by atoms with van der Waals surface area (Å²) in [7, 11) is 4.07. The van der Waals surface area contributed by atoms with Crippen molar-refractivity contribution in [1.29, 1.82) is 0 Å². The molecule has 2 rings (SSSR count). The zero-order valence-electron chi connectivity index (χ0n) is 14.5. The number of aryl methyl sites for hydroxylation is 1. The van der Waals surface area contributed by atoms with Crippen LogP contribution in [0, 0.1) is 0 Å². The Bertz CT molecular complexity index is 609. The van der Waals surface area contributed by atoms with Gasteiger partial charge in [0.2, 0.25) is 5.91 Å². The van der Waals surface area contributed by atoms with E-state index in [0.717, 1.165) is 43.0 Å². The minimum Gasteiger partial charge on any atom is -0.457 e. The molecule has 4 nitrogen and oxygen atoms in total. The second-order valence-electron chi connectivity index (χ2n) is 6.07. The van der Waals surface area contributed by atoms with Crippen LogP contribution in [0.15, 0.2) is 54.6 Å². The molecular weight excluding hydrogens is 300 g/mol. The molecular formula is C20H26N2O2. The van der Waals surface area contributed by atoms with Crippen molar-refractivity contribution >= 4 is 5.91 Å². The van der Waals surface area contributed by atoms with Gasteiger partial charge in [-0.2, -0.15) is 0 Å². The number of rotatable bonds is 9. The van der Waals surface area contributed by atoms with Gasteiger partial charge in [0.25, 0.3) is 0 Å². The molecule has 0 heterocycles. The lowest BCUT2D eigenvalue weighted by molar-refractivity contribution is -0.121. The Morgan fingerprint density at radius 3 is 2.33 bits per heavy atom. The molecule has 0 radical (unpaired) electrons. The Morgan fingerprint density at radius 2 is 1.67 bits per heavy atom. The van der Waals surface area contributed by atoms with Crippen LogP contribution in [0.5, 0.6) is 11.5 Å². The third kappa shape index (κ3) is 6.84. The summed E-state index contributed by atoms with van der Waals surface area (Å²) in [5.74, 6) is 1.74. The molecule has 0 bridgehead atoms. The molecule has 0 aliphatic heterocycles. The van der Waals surface area contributed by atoms with E-state index in [4.69, 9.17) is 4.74 Å². The average molecular weight is 326 g/mol. The maximum atomic E-state index is 11.8. The Kier molecular flexibility index (Phi) is 7.30. The number of hydrogen-bond donors (Lipinski definition) is 1. The zero-order chi connectivity index (χ0) is 17.2. The minimum absolute atomic E-state index is 0.110. The van der Waals surface area contributed by atoms with Crippen molar-refractivity contribution in [2.24, 2.45) is 0 Å². The topological polar surface area (TPSA) is 41.6 Å². The largest absolute Gasteiger partial charge is 0.457 e. The molecule has 128 valence electrons. The van der Waals surface area contributed by atoms with Crippen molar-refractivity contribution in [2.75, 3.05) is 27.2 Å². The minimum atomic E-state index is 0.110. The van der Waals surface area contributed by atoms with E-state index < -0.39 is 0 Å². The molecule has 0 atom stereocenters. The van der Waals surface area contributed by atoms with Gasteiger partial charge >= 0.3 is 0 Å². The van der Waals surface area contributed by atoms with Crippen LogP contribution in [-0.4, -0.2) is 38.0 Å². The molecule has 0 aliphatic carbocycles. The Morgan fingerprint density at radius 1 is 1.00 bits per heavy atom. The highest BCUT2D eigenvalue weighted by atomic mass is 16.5. The van der Waals surface area contributed by atoms with Crippen molar-refractivity contribution in [3.05, 3.63) is 60.2 Å². The van der Waals surface area contributed by atoms with Crippen LogP contribution >= 0.6 is 0 Å². The van der Waals surface area contributed by atoms with E-state index in [2.05, 4.69) is 10.2 Å². The lowest BCUT2D eigenvalue weighted by Crippen LogP contribution is -2.27. The van der Waals surface area contributed by atoms with Crippen LogP contribution in [0.4, 0.5) is 0 Å². The second kappa shape index (κ2) is 9.73. The lowest BCUT2D eigenvalue weighted by Gasteiger charge is -2.10. The van der Waals surface area contributed by atoms with Gasteiger partial charge in [-0.05, 0) is 63.3 Å². The lowest BCUT2D eigenvalue weighted by atomic mass is 10.1. The molecule has 0 fully saturated rings. The molecule has 0 saturated heterocycles. The van der Waals surface area contributed by atoms with Crippen molar-refractivity contribution in [1.82, 2.24) is 10.2 Å². The molecule has 1 N–H and O–H groups in total. The molecule has 0 saturated carbocycles. The van der Waals surface area contributed by atoms with Crippen LogP contribution in [-0.2, 0) is 11.2 Å². The predicted octanol–water partition coefficient (Wildman–Crippen LogP) is 3.48. The number of benzene rings is 2. The van der Waals surface area contributed by atoms with Crippen molar-refractivity contribution in [2.45, 2.75) is 19.3 Å². The number of nitrogens with one attached hydrogen (secondary N) is 1. The molecule has 0 aliphatic rings. The van der Waals surface area contributed by atoms with Gasteiger partial charge in [-0.1, -0.05) is 30.3 Å². The number of para-hydroxylation sites is 1. The summed E-state index contributed by atoms with van der Waals surface area (Å²) in [5.41, 5.74) is 1.14. The Balaban J connectivity index is 1.71. The summed E-state index contributed by atoms with van der Waals surface area (Å²) >= 11 is 0. The van der Waals surface area contributed by atoms with E-state index in [0.29, 0.717) is 6.42 Å². The van der Waals surface area contributed by atoms with Gasteiger partial charge in [-0.3, -0.25) is 4.79 Å². The third-order valence-electron chi connectivity index (χ3n) is 3.65. The Labute approximate surface area is 144 Å². The highest BCUT2D eigenvalue weighted by molar-refractivity contribution is 5.76. The van der Waals surface area contributed by atoms with Crippen LogP contribution in [0.25, 0.3) is 0 Å². The molecule has 1 amide bonds. The van der Waals surface area contributed by atoms with Crippen molar-refractivity contribution in [3.63, 3.8) is 0 Å². The fourth-order valence-corrected chi connectivity index (χ4v) is 2.32. The van der Waals surface area contributed by atoms with E-state index in [1.54, 1.807) is 0 Å². The van der Waals surface area contributed by atoms with E-state index in [-0.39, 0.29) is 5.91 Å². The van der Waals surface area contributed by atoms with Gasteiger partial charge < -0.3 is 15.0 Å². The van der Waals surface area contributed by atoms with Gasteiger partial charge in [0.1, 0.15) is 11.5 Å². The van der Waals surface area contributed by atoms with Crippen molar-refractivity contribution in [3.8, 4) is 11.5 Å². The first kappa shape index (κ1) is 18.0.